The number of methoxy groups -OCH3 is 1. The first kappa shape index (κ1) is 22.9. The molecule has 8 heteroatoms. The van der Waals surface area contributed by atoms with Crippen molar-refractivity contribution in [1.82, 2.24) is 19.4 Å². The van der Waals surface area contributed by atoms with E-state index in [9.17, 15) is 0 Å². The van der Waals surface area contributed by atoms with Crippen LogP contribution in [0.25, 0.3) is 11.0 Å². The number of fused-ring (bicyclic) bond motifs is 1. The molecule has 1 aliphatic heterocycles. The molecule has 0 amide bonds. The van der Waals surface area contributed by atoms with Crippen molar-refractivity contribution in [1.29, 1.82) is 0 Å². The number of unbranched alkanes of at least 4 members (excludes halogenated alkanes) is 2. The molecule has 3 aromatic rings. The van der Waals surface area contributed by atoms with Gasteiger partial charge in [0.15, 0.2) is 5.82 Å². The van der Waals surface area contributed by atoms with Crippen molar-refractivity contribution in [3.63, 3.8) is 0 Å². The topological polar surface area (TPSA) is 107 Å². The van der Waals surface area contributed by atoms with Crippen molar-refractivity contribution in [2.75, 3.05) is 37.8 Å². The summed E-state index contributed by atoms with van der Waals surface area (Å²) in [5.74, 6) is 2.65. The molecular weight excluding hydrogens is 426 g/mol. The third-order valence-corrected chi connectivity index (χ3v) is 7.40. The van der Waals surface area contributed by atoms with Gasteiger partial charge in [-0.25, -0.2) is 4.98 Å². The van der Waals surface area contributed by atoms with E-state index in [1.807, 2.05) is 12.3 Å². The average Bonchev–Trinajstić information content (AvgIpc) is 3.41. The van der Waals surface area contributed by atoms with E-state index in [0.29, 0.717) is 18.4 Å². The van der Waals surface area contributed by atoms with E-state index >= 15 is 0 Å². The Balaban J connectivity index is 1.31. The molecule has 2 aliphatic rings. The highest BCUT2D eigenvalue weighted by Crippen LogP contribution is 2.44. The number of nitrogens with zero attached hydrogens (tertiary/aromatic N) is 4. The van der Waals surface area contributed by atoms with Crippen LogP contribution in [0.2, 0.25) is 0 Å². The number of nitrogen functional groups attached to an aromatic ring is 1. The summed E-state index contributed by atoms with van der Waals surface area (Å²) in [7, 11) is 1.74. The first-order valence-corrected chi connectivity index (χ1v) is 12.5. The third-order valence-electron chi connectivity index (χ3n) is 7.40. The van der Waals surface area contributed by atoms with E-state index in [4.69, 9.17) is 16.2 Å². The lowest BCUT2D eigenvalue weighted by molar-refractivity contribution is 0.0674. The second-order valence-electron chi connectivity index (χ2n) is 10.0. The summed E-state index contributed by atoms with van der Waals surface area (Å²) in [6.45, 7) is 6.89. The first-order chi connectivity index (χ1) is 16.5. The maximum Gasteiger partial charge on any atom is 0.222 e. The van der Waals surface area contributed by atoms with Gasteiger partial charge in [0.25, 0.3) is 0 Å². The fourth-order valence-corrected chi connectivity index (χ4v) is 5.04. The molecule has 5 rings (SSSR count). The van der Waals surface area contributed by atoms with Gasteiger partial charge in [0, 0.05) is 49.4 Å². The van der Waals surface area contributed by atoms with E-state index in [0.717, 1.165) is 60.8 Å². The monoisotopic (exact) mass is 463 g/mol. The van der Waals surface area contributed by atoms with Crippen LogP contribution >= 0.6 is 0 Å². The standard InChI is InChI=1S/C26H37N7O/c1-3-4-5-11-29-24-23-21(30-25(27)31-24)8-12-33(23)15-19-7-6-18(13-22(19)34-2)14-32-16-20(17-32)26(28)9-10-26/h6-8,12-13,20H,3-5,9-11,14-17,28H2,1-2H3,(H3,27,29,30,31). The Hall–Kier alpha value is -2.84. The predicted molar refractivity (Wildman–Crippen MR) is 137 cm³/mol. The van der Waals surface area contributed by atoms with Gasteiger partial charge in [-0.15, -0.1) is 0 Å². The Morgan fingerprint density at radius 3 is 2.71 bits per heavy atom. The molecule has 0 bridgehead atoms. The summed E-state index contributed by atoms with van der Waals surface area (Å²) in [5, 5.41) is 3.47. The Bertz CT molecular complexity index is 1150. The maximum absolute atomic E-state index is 6.37. The molecule has 0 radical (unpaired) electrons. The lowest BCUT2D eigenvalue weighted by Crippen LogP contribution is -2.55. The summed E-state index contributed by atoms with van der Waals surface area (Å²) in [4.78, 5) is 11.4. The lowest BCUT2D eigenvalue weighted by Gasteiger charge is -2.42. The van der Waals surface area contributed by atoms with Gasteiger partial charge in [-0.2, -0.15) is 4.98 Å². The van der Waals surface area contributed by atoms with Crippen molar-refractivity contribution in [2.45, 2.75) is 57.7 Å². The highest BCUT2D eigenvalue weighted by atomic mass is 16.5. The van der Waals surface area contributed by atoms with E-state index in [1.165, 1.54) is 31.2 Å². The van der Waals surface area contributed by atoms with Crippen LogP contribution in [-0.2, 0) is 13.1 Å². The van der Waals surface area contributed by atoms with Crippen LogP contribution in [0, 0.1) is 5.92 Å². The van der Waals surface area contributed by atoms with Gasteiger partial charge in [0.2, 0.25) is 5.95 Å². The highest BCUT2D eigenvalue weighted by Gasteiger charge is 2.50. The molecule has 1 saturated carbocycles. The minimum Gasteiger partial charge on any atom is -0.496 e. The minimum atomic E-state index is 0.135. The minimum absolute atomic E-state index is 0.135. The first-order valence-electron chi connectivity index (χ1n) is 12.5. The van der Waals surface area contributed by atoms with Crippen LogP contribution in [0.5, 0.6) is 5.75 Å². The fraction of sp³-hybridized carbons (Fsp3) is 0.538. The average molecular weight is 464 g/mol. The molecule has 1 aliphatic carbocycles. The molecule has 0 spiro atoms. The summed E-state index contributed by atoms with van der Waals surface area (Å²) >= 11 is 0. The van der Waals surface area contributed by atoms with Gasteiger partial charge < -0.3 is 26.1 Å². The van der Waals surface area contributed by atoms with Crippen LogP contribution in [0.1, 0.15) is 50.2 Å². The molecule has 34 heavy (non-hydrogen) atoms. The summed E-state index contributed by atoms with van der Waals surface area (Å²) < 4.78 is 7.96. The zero-order valence-electron chi connectivity index (χ0n) is 20.4. The zero-order chi connectivity index (χ0) is 23.7. The van der Waals surface area contributed by atoms with Crippen LogP contribution in [0.4, 0.5) is 11.8 Å². The molecule has 0 atom stereocenters. The zero-order valence-corrected chi connectivity index (χ0v) is 20.4. The number of rotatable bonds is 11. The summed E-state index contributed by atoms with van der Waals surface area (Å²) in [6, 6.07) is 8.55. The van der Waals surface area contributed by atoms with Crippen molar-refractivity contribution >= 4 is 22.8 Å². The Morgan fingerprint density at radius 1 is 1.15 bits per heavy atom. The quantitative estimate of drug-likeness (QED) is 0.373. The lowest BCUT2D eigenvalue weighted by atomic mass is 9.89. The van der Waals surface area contributed by atoms with Gasteiger partial charge in [-0.1, -0.05) is 31.9 Å². The number of nitrogens with one attached hydrogen (secondary N) is 1. The van der Waals surface area contributed by atoms with Crippen molar-refractivity contribution in [2.24, 2.45) is 11.7 Å². The second-order valence-corrected chi connectivity index (χ2v) is 10.0. The van der Waals surface area contributed by atoms with Crippen LogP contribution in [0.3, 0.4) is 0 Å². The smallest absolute Gasteiger partial charge is 0.222 e. The van der Waals surface area contributed by atoms with Gasteiger partial charge >= 0.3 is 0 Å². The van der Waals surface area contributed by atoms with Crippen molar-refractivity contribution in [3.8, 4) is 5.75 Å². The van der Waals surface area contributed by atoms with Gasteiger partial charge in [0.05, 0.1) is 19.2 Å². The SMILES string of the molecule is CCCCCNc1nc(N)nc2ccn(Cc3ccc(CN4CC(C5(N)CC5)C4)cc3OC)c12. The third kappa shape index (κ3) is 4.70. The molecule has 1 saturated heterocycles. The molecule has 8 nitrogen and oxygen atoms in total. The van der Waals surface area contributed by atoms with Gasteiger partial charge in [0.1, 0.15) is 11.3 Å². The van der Waals surface area contributed by atoms with Crippen molar-refractivity contribution in [3.05, 3.63) is 41.6 Å². The molecule has 182 valence electrons. The number of aromatic nitrogens is 3. The molecule has 2 aromatic heterocycles. The van der Waals surface area contributed by atoms with E-state index < -0.39 is 0 Å². The largest absolute Gasteiger partial charge is 0.496 e. The summed E-state index contributed by atoms with van der Waals surface area (Å²) in [6.07, 6.45) is 7.89. The molecule has 0 unspecified atom stereocenters. The van der Waals surface area contributed by atoms with Gasteiger partial charge in [-0.3, -0.25) is 4.90 Å². The normalized spacial score (nSPS) is 17.6. The van der Waals surface area contributed by atoms with Gasteiger partial charge in [-0.05, 0) is 37.0 Å². The second kappa shape index (κ2) is 9.43. The number of likely N-dealkylation sites (tertiary alicyclic amines) is 1. The number of hydrogen-bond donors (Lipinski definition) is 3. The maximum atomic E-state index is 6.37. The van der Waals surface area contributed by atoms with Crippen LogP contribution in [-0.4, -0.2) is 51.7 Å². The van der Waals surface area contributed by atoms with E-state index in [1.54, 1.807) is 7.11 Å². The summed E-state index contributed by atoms with van der Waals surface area (Å²) in [5.41, 5.74) is 16.7. The number of benzene rings is 1. The molecule has 2 fully saturated rings. The molecular formula is C26H37N7O. The number of nitrogens with two attached hydrogens (primary N) is 2. The Morgan fingerprint density at radius 2 is 1.97 bits per heavy atom. The number of hydrogen-bond acceptors (Lipinski definition) is 7. The molecule has 1 aromatic carbocycles. The van der Waals surface area contributed by atoms with Crippen molar-refractivity contribution < 1.29 is 4.74 Å². The Labute approximate surface area is 201 Å². The van der Waals surface area contributed by atoms with Crippen LogP contribution < -0.4 is 21.5 Å². The van der Waals surface area contributed by atoms with Crippen LogP contribution in [0.15, 0.2) is 30.5 Å². The van der Waals surface area contributed by atoms with E-state index in [2.05, 4.69) is 49.9 Å². The highest BCUT2D eigenvalue weighted by molar-refractivity contribution is 5.87. The number of ether oxygens (including phenoxy) is 1. The number of anilines is 2. The molecule has 3 heterocycles. The predicted octanol–water partition coefficient (Wildman–Crippen LogP) is 3.60. The Kier molecular flexibility index (Phi) is 6.36. The fourth-order valence-electron chi connectivity index (χ4n) is 5.04. The molecule has 5 N–H and O–H groups in total. The van der Waals surface area contributed by atoms with E-state index in [-0.39, 0.29) is 5.54 Å².